The average Bonchev–Trinajstić information content (AvgIpc) is 3.17. The fraction of sp³-hybridized carbons (Fsp3) is 0.214. The van der Waals surface area contributed by atoms with E-state index in [1.165, 1.54) is 36.5 Å². The summed E-state index contributed by atoms with van der Waals surface area (Å²) in [5.74, 6) is 0.133. The molecule has 5 rings (SSSR count). The molecule has 0 aliphatic heterocycles. The molecule has 0 atom stereocenters. The van der Waals surface area contributed by atoms with Gasteiger partial charge in [0.05, 0.1) is 12.1 Å². The van der Waals surface area contributed by atoms with Crippen molar-refractivity contribution in [1.82, 2.24) is 9.78 Å². The van der Waals surface area contributed by atoms with Gasteiger partial charge in [-0.15, -0.1) is 0 Å². The van der Waals surface area contributed by atoms with Crippen molar-refractivity contribution in [3.8, 4) is 28.3 Å². The number of benzene rings is 3. The molecule has 0 saturated heterocycles. The maximum Gasteiger partial charge on any atom is 0.309 e. The van der Waals surface area contributed by atoms with Crippen molar-refractivity contribution in [1.29, 1.82) is 0 Å². The highest BCUT2D eigenvalue weighted by Crippen LogP contribution is 2.39. The zero-order valence-electron chi connectivity index (χ0n) is 18.3. The largest absolute Gasteiger partial charge is 0.407 e. The van der Waals surface area contributed by atoms with Crippen molar-refractivity contribution in [3.05, 3.63) is 95.6 Å². The Morgan fingerprint density at radius 3 is 2.22 bits per heavy atom. The van der Waals surface area contributed by atoms with Crippen LogP contribution in [0.1, 0.15) is 36.5 Å². The molecule has 0 radical (unpaired) electrons. The van der Waals surface area contributed by atoms with Crippen molar-refractivity contribution in [3.63, 3.8) is 0 Å². The Hall–Kier alpha value is -3.66. The minimum Gasteiger partial charge on any atom is -0.407 e. The maximum atomic E-state index is 12.1. The van der Waals surface area contributed by atoms with E-state index in [2.05, 4.69) is 18.2 Å². The predicted octanol–water partition coefficient (Wildman–Crippen LogP) is 6.07. The van der Waals surface area contributed by atoms with Crippen LogP contribution in [0.25, 0.3) is 22.4 Å². The van der Waals surface area contributed by atoms with E-state index in [-0.39, 0.29) is 5.97 Å². The maximum absolute atomic E-state index is 12.1. The van der Waals surface area contributed by atoms with Gasteiger partial charge in [-0.3, -0.25) is 4.79 Å². The molecule has 32 heavy (non-hydrogen) atoms. The normalized spacial score (nSPS) is 12.9. The predicted molar refractivity (Wildman–Crippen MR) is 127 cm³/mol. The highest BCUT2D eigenvalue weighted by molar-refractivity contribution is 5.86. The van der Waals surface area contributed by atoms with Gasteiger partial charge in [0.1, 0.15) is 5.69 Å². The number of ether oxygens (including phenoxy) is 1. The third-order valence-electron chi connectivity index (χ3n) is 6.00. The molecule has 4 aromatic rings. The van der Waals surface area contributed by atoms with Crippen LogP contribution in [0.2, 0.25) is 0 Å². The fourth-order valence-electron chi connectivity index (χ4n) is 4.51. The van der Waals surface area contributed by atoms with Gasteiger partial charge in [-0.05, 0) is 47.9 Å². The second-order valence-electron chi connectivity index (χ2n) is 8.32. The smallest absolute Gasteiger partial charge is 0.309 e. The van der Waals surface area contributed by atoms with Crippen LogP contribution in [0.5, 0.6) is 5.88 Å². The summed E-state index contributed by atoms with van der Waals surface area (Å²) in [5.41, 5.74) is 7.66. The number of rotatable bonds is 5. The van der Waals surface area contributed by atoms with E-state index < -0.39 is 0 Å². The summed E-state index contributed by atoms with van der Waals surface area (Å²) in [5, 5.41) is 4.96. The first-order valence-electron chi connectivity index (χ1n) is 11.2. The molecule has 0 fully saturated rings. The molecule has 1 aliphatic rings. The van der Waals surface area contributed by atoms with Gasteiger partial charge in [-0.1, -0.05) is 78.9 Å². The van der Waals surface area contributed by atoms with Crippen molar-refractivity contribution in [2.75, 3.05) is 0 Å². The topological polar surface area (TPSA) is 44.1 Å². The minimum atomic E-state index is -0.353. The summed E-state index contributed by atoms with van der Waals surface area (Å²) < 4.78 is 7.61. The van der Waals surface area contributed by atoms with Gasteiger partial charge < -0.3 is 4.74 Å². The van der Waals surface area contributed by atoms with E-state index >= 15 is 0 Å². The molecule has 0 N–H and O–H groups in total. The number of esters is 1. The van der Waals surface area contributed by atoms with E-state index in [0.717, 1.165) is 35.2 Å². The van der Waals surface area contributed by atoms with Gasteiger partial charge in [0, 0.05) is 12.5 Å². The minimum absolute atomic E-state index is 0.353. The van der Waals surface area contributed by atoms with Crippen molar-refractivity contribution >= 4 is 5.97 Å². The van der Waals surface area contributed by atoms with Crippen molar-refractivity contribution in [2.45, 2.75) is 39.2 Å². The molecule has 0 bridgehead atoms. The summed E-state index contributed by atoms with van der Waals surface area (Å²) in [6, 6.07) is 26.8. The Labute approximate surface area is 188 Å². The first-order chi connectivity index (χ1) is 15.7. The molecule has 0 unspecified atom stereocenters. The van der Waals surface area contributed by atoms with Crippen molar-refractivity contribution < 1.29 is 9.53 Å². The molecule has 3 aromatic carbocycles. The summed E-state index contributed by atoms with van der Waals surface area (Å²) in [6.45, 7) is 1.98. The lowest BCUT2D eigenvalue weighted by atomic mass is 9.90. The molecule has 0 amide bonds. The summed E-state index contributed by atoms with van der Waals surface area (Å²) in [4.78, 5) is 12.1. The quantitative estimate of drug-likeness (QED) is 0.367. The standard InChI is InChI=1S/C28H26N2O2/c1-20(31)32-28-26(23-11-4-2-5-12-23)27(24-13-6-3-7-14-24)29-30(28)19-21-16-17-22-10-8-9-15-25(22)18-21/h2-7,11-14,16-18H,8-10,15,19H2,1H3. The lowest BCUT2D eigenvalue weighted by Gasteiger charge is -2.17. The van der Waals surface area contributed by atoms with Crippen molar-refractivity contribution in [2.24, 2.45) is 0 Å². The van der Waals surface area contributed by atoms with Gasteiger partial charge in [0.2, 0.25) is 5.88 Å². The van der Waals surface area contributed by atoms with E-state index in [4.69, 9.17) is 9.84 Å². The van der Waals surface area contributed by atoms with Crippen LogP contribution in [-0.2, 0) is 24.2 Å². The number of hydrogen-bond donors (Lipinski definition) is 0. The lowest BCUT2D eigenvalue weighted by Crippen LogP contribution is -2.11. The number of aryl methyl sites for hydroxylation is 2. The number of carbonyl (C=O) groups excluding carboxylic acids is 1. The van der Waals surface area contributed by atoms with Gasteiger partial charge in [0.25, 0.3) is 0 Å². The van der Waals surface area contributed by atoms with E-state index in [9.17, 15) is 4.79 Å². The molecule has 0 saturated carbocycles. The molecule has 160 valence electrons. The zero-order valence-corrected chi connectivity index (χ0v) is 18.3. The molecule has 1 aliphatic carbocycles. The number of fused-ring (bicyclic) bond motifs is 1. The fourth-order valence-corrected chi connectivity index (χ4v) is 4.51. The van der Waals surface area contributed by atoms with Gasteiger partial charge in [-0.2, -0.15) is 5.10 Å². The zero-order chi connectivity index (χ0) is 21.9. The monoisotopic (exact) mass is 422 g/mol. The summed E-state index contributed by atoms with van der Waals surface area (Å²) >= 11 is 0. The van der Waals surface area contributed by atoms with E-state index in [1.807, 2.05) is 65.3 Å². The molecule has 4 heteroatoms. The van der Waals surface area contributed by atoms with Crippen LogP contribution in [0.15, 0.2) is 78.9 Å². The number of carbonyl (C=O) groups is 1. The van der Waals surface area contributed by atoms with Crippen LogP contribution in [0.3, 0.4) is 0 Å². The summed E-state index contributed by atoms with van der Waals surface area (Å²) in [7, 11) is 0. The average molecular weight is 423 g/mol. The third-order valence-corrected chi connectivity index (χ3v) is 6.00. The number of aromatic nitrogens is 2. The van der Waals surface area contributed by atoms with Crippen LogP contribution in [-0.4, -0.2) is 15.7 Å². The molecule has 1 heterocycles. The molecule has 1 aromatic heterocycles. The Morgan fingerprint density at radius 1 is 0.875 bits per heavy atom. The highest BCUT2D eigenvalue weighted by atomic mass is 16.5. The highest BCUT2D eigenvalue weighted by Gasteiger charge is 2.23. The lowest BCUT2D eigenvalue weighted by molar-refractivity contribution is -0.132. The first kappa shape index (κ1) is 20.3. The SMILES string of the molecule is CC(=O)Oc1c(-c2ccccc2)c(-c2ccccc2)nn1Cc1ccc2c(c1)CCCC2. The molecule has 4 nitrogen and oxygen atoms in total. The molecule has 0 spiro atoms. The Bertz CT molecular complexity index is 1240. The van der Waals surface area contributed by atoms with Crippen LogP contribution < -0.4 is 4.74 Å². The Kier molecular flexibility index (Phi) is 5.59. The Morgan fingerprint density at radius 2 is 1.53 bits per heavy atom. The van der Waals surface area contributed by atoms with Crippen LogP contribution in [0.4, 0.5) is 0 Å². The molecular formula is C28H26N2O2. The first-order valence-corrected chi connectivity index (χ1v) is 11.2. The van der Waals surface area contributed by atoms with Crippen LogP contribution >= 0.6 is 0 Å². The second kappa shape index (κ2) is 8.83. The number of nitrogens with zero attached hydrogens (tertiary/aromatic N) is 2. The molecular weight excluding hydrogens is 396 g/mol. The van der Waals surface area contributed by atoms with Gasteiger partial charge >= 0.3 is 5.97 Å². The third kappa shape index (κ3) is 4.09. The van der Waals surface area contributed by atoms with E-state index in [0.29, 0.717) is 12.4 Å². The number of hydrogen-bond acceptors (Lipinski definition) is 3. The van der Waals surface area contributed by atoms with Crippen LogP contribution in [0, 0.1) is 0 Å². The van der Waals surface area contributed by atoms with Gasteiger partial charge in [-0.25, -0.2) is 4.68 Å². The Balaban J connectivity index is 1.65. The second-order valence-corrected chi connectivity index (χ2v) is 8.32. The van der Waals surface area contributed by atoms with E-state index in [1.54, 1.807) is 0 Å². The summed E-state index contributed by atoms with van der Waals surface area (Å²) in [6.07, 6.45) is 4.80. The van der Waals surface area contributed by atoms with Gasteiger partial charge in [0.15, 0.2) is 0 Å².